The molecular formula is C9H6ClNO4. The van der Waals surface area contributed by atoms with Crippen LogP contribution in [0, 0.1) is 10.1 Å². The second kappa shape index (κ2) is 4.56. The average molecular weight is 228 g/mol. The Bertz CT molecular complexity index is 442. The maximum atomic E-state index is 10.5. The highest BCUT2D eigenvalue weighted by Gasteiger charge is 2.11. The number of benzene rings is 1. The van der Waals surface area contributed by atoms with Gasteiger partial charge in [0.05, 0.1) is 4.92 Å². The van der Waals surface area contributed by atoms with E-state index in [1.54, 1.807) is 0 Å². The van der Waals surface area contributed by atoms with Gasteiger partial charge in [0.15, 0.2) is 0 Å². The maximum absolute atomic E-state index is 10.5. The molecule has 0 atom stereocenters. The van der Waals surface area contributed by atoms with Crippen molar-refractivity contribution in [3.8, 4) is 0 Å². The van der Waals surface area contributed by atoms with E-state index in [9.17, 15) is 14.9 Å². The predicted octanol–water partition coefficient (Wildman–Crippen LogP) is 2.35. The van der Waals surface area contributed by atoms with Crippen molar-refractivity contribution in [1.82, 2.24) is 0 Å². The van der Waals surface area contributed by atoms with Gasteiger partial charge in [-0.2, -0.15) is 0 Å². The van der Waals surface area contributed by atoms with Crippen LogP contribution in [0.3, 0.4) is 0 Å². The molecule has 6 heteroatoms. The van der Waals surface area contributed by atoms with Crippen LogP contribution in [0.4, 0.5) is 5.69 Å². The Morgan fingerprint density at radius 2 is 2.20 bits per heavy atom. The van der Waals surface area contributed by atoms with Gasteiger partial charge in [-0.05, 0) is 17.7 Å². The lowest BCUT2D eigenvalue weighted by Crippen LogP contribution is -1.90. The van der Waals surface area contributed by atoms with E-state index in [0.29, 0.717) is 5.56 Å². The number of carboxylic acid groups (broad SMARTS) is 1. The fourth-order valence-electron chi connectivity index (χ4n) is 0.941. The normalized spacial score (nSPS) is 10.5. The number of rotatable bonds is 3. The average Bonchev–Trinajstić information content (AvgIpc) is 2.16. The number of nitro benzene ring substituents is 1. The minimum absolute atomic E-state index is 0.0208. The van der Waals surface area contributed by atoms with E-state index in [1.165, 1.54) is 24.3 Å². The molecule has 0 saturated heterocycles. The van der Waals surface area contributed by atoms with E-state index in [0.717, 1.165) is 6.08 Å². The monoisotopic (exact) mass is 227 g/mol. The van der Waals surface area contributed by atoms with Crippen molar-refractivity contribution in [3.05, 3.63) is 45.0 Å². The summed E-state index contributed by atoms with van der Waals surface area (Å²) in [6.07, 6.45) is 2.15. The van der Waals surface area contributed by atoms with Gasteiger partial charge in [-0.25, -0.2) is 4.79 Å². The zero-order valence-corrected chi connectivity index (χ0v) is 8.14. The van der Waals surface area contributed by atoms with Crippen LogP contribution >= 0.6 is 11.6 Å². The fraction of sp³-hybridized carbons (Fsp3) is 0. The molecule has 0 unspecified atom stereocenters. The van der Waals surface area contributed by atoms with E-state index in [2.05, 4.69) is 0 Å². The fourth-order valence-corrected chi connectivity index (χ4v) is 1.13. The second-order valence-electron chi connectivity index (χ2n) is 2.64. The Labute approximate surface area is 89.7 Å². The van der Waals surface area contributed by atoms with Gasteiger partial charge in [0.2, 0.25) is 0 Å². The number of halogens is 1. The maximum Gasteiger partial charge on any atom is 0.328 e. The summed E-state index contributed by atoms with van der Waals surface area (Å²) < 4.78 is 0. The van der Waals surface area contributed by atoms with Gasteiger partial charge >= 0.3 is 5.97 Å². The molecule has 0 aliphatic carbocycles. The third kappa shape index (κ3) is 3.07. The van der Waals surface area contributed by atoms with Crippen molar-refractivity contribution in [3.63, 3.8) is 0 Å². The molecule has 0 amide bonds. The van der Waals surface area contributed by atoms with Crippen LogP contribution in [-0.2, 0) is 4.79 Å². The molecule has 0 fully saturated rings. The first-order valence-corrected chi connectivity index (χ1v) is 4.23. The highest BCUT2D eigenvalue weighted by molar-refractivity contribution is 6.32. The smallest absolute Gasteiger partial charge is 0.328 e. The van der Waals surface area contributed by atoms with E-state index in [4.69, 9.17) is 16.7 Å². The Morgan fingerprint density at radius 3 is 2.73 bits per heavy atom. The van der Waals surface area contributed by atoms with Gasteiger partial charge in [0, 0.05) is 12.1 Å². The van der Waals surface area contributed by atoms with Crippen molar-refractivity contribution in [1.29, 1.82) is 0 Å². The lowest BCUT2D eigenvalue weighted by atomic mass is 10.2. The third-order valence-corrected chi connectivity index (χ3v) is 1.90. The second-order valence-corrected chi connectivity index (χ2v) is 3.05. The van der Waals surface area contributed by atoms with Gasteiger partial charge in [-0.1, -0.05) is 17.7 Å². The van der Waals surface area contributed by atoms with E-state index in [1.807, 2.05) is 0 Å². The lowest BCUT2D eigenvalue weighted by molar-refractivity contribution is -0.384. The van der Waals surface area contributed by atoms with Crippen LogP contribution in [-0.4, -0.2) is 16.0 Å². The van der Waals surface area contributed by atoms with Gasteiger partial charge in [-0.15, -0.1) is 0 Å². The number of carboxylic acids is 1. The Kier molecular flexibility index (Phi) is 3.41. The predicted molar refractivity (Wildman–Crippen MR) is 54.8 cm³/mol. The van der Waals surface area contributed by atoms with Crippen molar-refractivity contribution < 1.29 is 14.8 Å². The van der Waals surface area contributed by atoms with E-state index < -0.39 is 10.9 Å². The minimum atomic E-state index is -1.12. The molecule has 15 heavy (non-hydrogen) atoms. The number of nitro groups is 1. The molecule has 1 N–H and O–H groups in total. The summed E-state index contributed by atoms with van der Waals surface area (Å²) in [5.74, 6) is -1.12. The Morgan fingerprint density at radius 1 is 1.53 bits per heavy atom. The van der Waals surface area contributed by atoms with Crippen LogP contribution in [0.1, 0.15) is 5.56 Å². The molecule has 0 aliphatic heterocycles. The first-order chi connectivity index (χ1) is 7.00. The molecule has 1 aromatic rings. The quantitative estimate of drug-likeness (QED) is 0.488. The molecule has 0 heterocycles. The standard InChI is InChI=1S/C9H6ClNO4/c10-7-3-1-6(2-4-9(12)13)5-8(7)11(14)15/h1-5H,(H,12,13)/b4-2-. The van der Waals surface area contributed by atoms with Gasteiger partial charge in [0.1, 0.15) is 5.02 Å². The van der Waals surface area contributed by atoms with Crippen molar-refractivity contribution in [2.24, 2.45) is 0 Å². The number of hydrogen-bond acceptors (Lipinski definition) is 3. The highest BCUT2D eigenvalue weighted by Crippen LogP contribution is 2.25. The molecule has 0 radical (unpaired) electrons. The topological polar surface area (TPSA) is 80.4 Å². The summed E-state index contributed by atoms with van der Waals surface area (Å²) in [5, 5.41) is 18.9. The van der Waals surface area contributed by atoms with E-state index in [-0.39, 0.29) is 10.7 Å². The molecule has 0 aromatic heterocycles. The SMILES string of the molecule is O=C(O)/C=C\c1ccc(Cl)c([N+](=O)[O-])c1. The summed E-state index contributed by atoms with van der Waals surface area (Å²) in [7, 11) is 0. The summed E-state index contributed by atoms with van der Waals surface area (Å²) >= 11 is 5.57. The first-order valence-electron chi connectivity index (χ1n) is 3.85. The minimum Gasteiger partial charge on any atom is -0.478 e. The first kappa shape index (κ1) is 11.2. The zero-order valence-electron chi connectivity index (χ0n) is 7.38. The molecule has 1 aromatic carbocycles. The van der Waals surface area contributed by atoms with Crippen molar-refractivity contribution in [2.75, 3.05) is 0 Å². The molecule has 0 aliphatic rings. The number of aliphatic carboxylic acids is 1. The van der Waals surface area contributed by atoms with Crippen LogP contribution in [0.25, 0.3) is 6.08 Å². The molecular weight excluding hydrogens is 222 g/mol. The highest BCUT2D eigenvalue weighted by atomic mass is 35.5. The largest absolute Gasteiger partial charge is 0.478 e. The van der Waals surface area contributed by atoms with Crippen molar-refractivity contribution in [2.45, 2.75) is 0 Å². The summed E-state index contributed by atoms with van der Waals surface area (Å²) in [6, 6.07) is 4.05. The number of carbonyl (C=O) groups is 1. The Hall–Kier alpha value is -1.88. The number of nitrogens with zero attached hydrogens (tertiary/aromatic N) is 1. The van der Waals surface area contributed by atoms with Gasteiger partial charge < -0.3 is 5.11 Å². The van der Waals surface area contributed by atoms with Crippen LogP contribution in [0.2, 0.25) is 5.02 Å². The summed E-state index contributed by atoms with van der Waals surface area (Å²) in [5.41, 5.74) is 0.165. The zero-order chi connectivity index (χ0) is 11.4. The van der Waals surface area contributed by atoms with Crippen LogP contribution < -0.4 is 0 Å². The molecule has 0 saturated carbocycles. The summed E-state index contributed by atoms with van der Waals surface area (Å²) in [4.78, 5) is 20.1. The van der Waals surface area contributed by atoms with Gasteiger partial charge in [-0.3, -0.25) is 10.1 Å². The molecule has 78 valence electrons. The lowest BCUT2D eigenvalue weighted by Gasteiger charge is -1.96. The molecule has 0 spiro atoms. The molecule has 5 nitrogen and oxygen atoms in total. The van der Waals surface area contributed by atoms with Crippen LogP contribution in [0.5, 0.6) is 0 Å². The summed E-state index contributed by atoms with van der Waals surface area (Å²) in [6.45, 7) is 0. The Balaban J connectivity index is 3.08. The van der Waals surface area contributed by atoms with Crippen molar-refractivity contribution >= 4 is 29.3 Å². The number of hydrogen-bond donors (Lipinski definition) is 1. The van der Waals surface area contributed by atoms with Crippen LogP contribution in [0.15, 0.2) is 24.3 Å². The van der Waals surface area contributed by atoms with E-state index >= 15 is 0 Å². The molecule has 1 rings (SSSR count). The third-order valence-electron chi connectivity index (χ3n) is 1.59. The van der Waals surface area contributed by atoms with Gasteiger partial charge in [0.25, 0.3) is 5.69 Å². The molecule has 0 bridgehead atoms.